The molecule has 1 atom stereocenters. The largest absolute Gasteiger partial charge is 0.497 e. The van der Waals surface area contributed by atoms with E-state index in [4.69, 9.17) is 9.47 Å². The summed E-state index contributed by atoms with van der Waals surface area (Å²) in [4.78, 5) is 0. The number of aliphatic hydroxyl groups is 1. The fraction of sp³-hybridized carbons (Fsp3) is 0.222. The smallest absolute Gasteiger partial charge is 0.136 e. The van der Waals surface area contributed by atoms with Gasteiger partial charge in [0.1, 0.15) is 11.4 Å². The number of hydrogen-bond acceptors (Lipinski definition) is 3. The summed E-state index contributed by atoms with van der Waals surface area (Å²) in [5, 5.41) is 11.0. The molecule has 1 fully saturated rings. The van der Waals surface area contributed by atoms with Crippen molar-refractivity contribution in [1.82, 2.24) is 0 Å². The zero-order valence-electron chi connectivity index (χ0n) is 12.0. The Hall–Kier alpha value is -2.10. The summed E-state index contributed by atoms with van der Waals surface area (Å²) < 4.78 is 10.7. The van der Waals surface area contributed by atoms with Crippen LogP contribution in [0.15, 0.2) is 60.2 Å². The van der Waals surface area contributed by atoms with Gasteiger partial charge in [0.15, 0.2) is 0 Å². The molecule has 1 aliphatic rings. The first-order valence-electron chi connectivity index (χ1n) is 6.93. The van der Waals surface area contributed by atoms with Gasteiger partial charge >= 0.3 is 0 Å². The van der Waals surface area contributed by atoms with E-state index in [1.54, 1.807) is 7.11 Å². The Morgan fingerprint density at radius 3 is 2.48 bits per heavy atom. The molecule has 3 heteroatoms. The number of hydrogen-bond donors (Lipinski definition) is 1. The minimum absolute atomic E-state index is 0.276. The second kappa shape index (κ2) is 5.72. The fourth-order valence-electron chi connectivity index (χ4n) is 2.57. The van der Waals surface area contributed by atoms with Gasteiger partial charge in [0, 0.05) is 0 Å². The molecule has 2 aromatic rings. The Balaban J connectivity index is 1.96. The number of methoxy groups -OCH3 is 1. The predicted octanol–water partition coefficient (Wildman–Crippen LogP) is 3.00. The normalized spacial score (nSPS) is 23.4. The molecule has 0 amide bonds. The molecule has 0 aromatic heterocycles. The monoisotopic (exact) mass is 282 g/mol. The maximum Gasteiger partial charge on any atom is 0.136 e. The standard InChI is InChI=1S/C18H18O3/c1-20-17-9-7-15(8-10-17)18(19)13-21-12-16(18)11-14-5-3-2-4-6-14/h2-11,19H,12-13H2,1H3/b16-11-/t18-/m0/s1. The van der Waals surface area contributed by atoms with Crippen molar-refractivity contribution >= 4 is 6.08 Å². The molecule has 1 aliphatic heterocycles. The summed E-state index contributed by atoms with van der Waals surface area (Å²) in [5.41, 5.74) is 1.69. The van der Waals surface area contributed by atoms with Crippen molar-refractivity contribution in [3.05, 3.63) is 71.3 Å². The first-order valence-corrected chi connectivity index (χ1v) is 6.93. The van der Waals surface area contributed by atoms with Gasteiger partial charge in [-0.25, -0.2) is 0 Å². The molecule has 0 aliphatic carbocycles. The van der Waals surface area contributed by atoms with Crippen LogP contribution in [0.4, 0.5) is 0 Å². The fourth-order valence-corrected chi connectivity index (χ4v) is 2.57. The molecule has 1 N–H and O–H groups in total. The average molecular weight is 282 g/mol. The van der Waals surface area contributed by atoms with Crippen LogP contribution in [0.5, 0.6) is 5.75 Å². The SMILES string of the molecule is COc1ccc([C@@]2(O)COC/C2=C/c2ccccc2)cc1. The van der Waals surface area contributed by atoms with Crippen LogP contribution in [0.3, 0.4) is 0 Å². The van der Waals surface area contributed by atoms with Gasteiger partial charge in [-0.2, -0.15) is 0 Å². The molecule has 3 nitrogen and oxygen atoms in total. The maximum atomic E-state index is 11.0. The van der Waals surface area contributed by atoms with Crippen molar-refractivity contribution in [2.75, 3.05) is 20.3 Å². The third kappa shape index (κ3) is 2.71. The summed E-state index contributed by atoms with van der Waals surface area (Å²) in [7, 11) is 1.63. The zero-order chi connectivity index (χ0) is 14.7. The summed E-state index contributed by atoms with van der Waals surface area (Å²) in [6.45, 7) is 0.718. The molecular weight excluding hydrogens is 264 g/mol. The van der Waals surface area contributed by atoms with Gasteiger partial charge in [-0.1, -0.05) is 48.5 Å². The van der Waals surface area contributed by atoms with E-state index in [2.05, 4.69) is 0 Å². The second-order valence-corrected chi connectivity index (χ2v) is 5.16. The van der Waals surface area contributed by atoms with E-state index in [0.717, 1.165) is 22.4 Å². The van der Waals surface area contributed by atoms with Crippen LogP contribution in [-0.4, -0.2) is 25.4 Å². The highest BCUT2D eigenvalue weighted by Gasteiger charge is 2.39. The van der Waals surface area contributed by atoms with Gasteiger partial charge in [-0.05, 0) is 28.8 Å². The van der Waals surface area contributed by atoms with E-state index in [1.165, 1.54) is 0 Å². The zero-order valence-corrected chi connectivity index (χ0v) is 12.0. The molecule has 3 rings (SSSR count). The highest BCUT2D eigenvalue weighted by molar-refractivity contribution is 5.57. The van der Waals surface area contributed by atoms with Gasteiger partial charge in [0.25, 0.3) is 0 Å². The molecule has 108 valence electrons. The Bertz CT molecular complexity index is 631. The third-order valence-electron chi connectivity index (χ3n) is 3.81. The van der Waals surface area contributed by atoms with Crippen molar-refractivity contribution < 1.29 is 14.6 Å². The molecule has 21 heavy (non-hydrogen) atoms. The van der Waals surface area contributed by atoms with Crippen LogP contribution in [0, 0.1) is 0 Å². The maximum absolute atomic E-state index is 11.0. The molecule has 0 saturated carbocycles. The van der Waals surface area contributed by atoms with Gasteiger partial charge in [0.2, 0.25) is 0 Å². The number of benzene rings is 2. The quantitative estimate of drug-likeness (QED) is 0.940. The minimum Gasteiger partial charge on any atom is -0.497 e. The summed E-state index contributed by atoms with van der Waals surface area (Å²) in [6, 6.07) is 17.4. The van der Waals surface area contributed by atoms with Crippen LogP contribution in [0.2, 0.25) is 0 Å². The Kier molecular flexibility index (Phi) is 3.78. The second-order valence-electron chi connectivity index (χ2n) is 5.16. The Morgan fingerprint density at radius 2 is 1.81 bits per heavy atom. The third-order valence-corrected chi connectivity index (χ3v) is 3.81. The van der Waals surface area contributed by atoms with Crippen molar-refractivity contribution in [2.24, 2.45) is 0 Å². The number of ether oxygens (including phenoxy) is 2. The molecule has 1 saturated heterocycles. The van der Waals surface area contributed by atoms with Crippen LogP contribution in [-0.2, 0) is 10.3 Å². The average Bonchev–Trinajstić information content (AvgIpc) is 2.91. The van der Waals surface area contributed by atoms with E-state index < -0.39 is 5.60 Å². The predicted molar refractivity (Wildman–Crippen MR) is 82.1 cm³/mol. The lowest BCUT2D eigenvalue weighted by molar-refractivity contribution is 0.0402. The van der Waals surface area contributed by atoms with E-state index in [9.17, 15) is 5.11 Å². The summed E-state index contributed by atoms with van der Waals surface area (Å²) in [6.07, 6.45) is 2.00. The lowest BCUT2D eigenvalue weighted by Gasteiger charge is -2.23. The van der Waals surface area contributed by atoms with E-state index in [1.807, 2.05) is 60.7 Å². The van der Waals surface area contributed by atoms with Crippen molar-refractivity contribution in [3.63, 3.8) is 0 Å². The Morgan fingerprint density at radius 1 is 1.10 bits per heavy atom. The molecule has 2 aromatic carbocycles. The molecule has 1 heterocycles. The van der Waals surface area contributed by atoms with Crippen molar-refractivity contribution in [2.45, 2.75) is 5.60 Å². The molecule has 0 bridgehead atoms. The van der Waals surface area contributed by atoms with E-state index >= 15 is 0 Å². The van der Waals surface area contributed by atoms with Crippen LogP contribution >= 0.6 is 0 Å². The molecule has 0 radical (unpaired) electrons. The number of rotatable bonds is 3. The van der Waals surface area contributed by atoms with Crippen LogP contribution in [0.1, 0.15) is 11.1 Å². The van der Waals surface area contributed by atoms with Crippen molar-refractivity contribution in [3.8, 4) is 5.75 Å². The van der Waals surface area contributed by atoms with Gasteiger partial charge in [-0.3, -0.25) is 0 Å². The lowest BCUT2D eigenvalue weighted by atomic mass is 9.87. The first-order chi connectivity index (χ1) is 10.2. The summed E-state index contributed by atoms with van der Waals surface area (Å²) >= 11 is 0. The molecular formula is C18H18O3. The first kappa shape index (κ1) is 13.9. The van der Waals surface area contributed by atoms with E-state index in [-0.39, 0.29) is 6.61 Å². The van der Waals surface area contributed by atoms with Crippen LogP contribution in [0.25, 0.3) is 6.08 Å². The highest BCUT2D eigenvalue weighted by atomic mass is 16.5. The van der Waals surface area contributed by atoms with E-state index in [0.29, 0.717) is 6.61 Å². The van der Waals surface area contributed by atoms with Gasteiger partial charge in [0.05, 0.1) is 20.3 Å². The lowest BCUT2D eigenvalue weighted by Crippen LogP contribution is -2.27. The van der Waals surface area contributed by atoms with Crippen molar-refractivity contribution in [1.29, 1.82) is 0 Å². The molecule has 0 spiro atoms. The molecule has 0 unspecified atom stereocenters. The topological polar surface area (TPSA) is 38.7 Å². The van der Waals surface area contributed by atoms with Gasteiger partial charge < -0.3 is 14.6 Å². The minimum atomic E-state index is -1.07. The highest BCUT2D eigenvalue weighted by Crippen LogP contribution is 2.36. The Labute approximate surface area is 124 Å². The van der Waals surface area contributed by atoms with Gasteiger partial charge in [-0.15, -0.1) is 0 Å². The van der Waals surface area contributed by atoms with Crippen LogP contribution < -0.4 is 4.74 Å². The summed E-state index contributed by atoms with van der Waals surface area (Å²) in [5.74, 6) is 0.773.